The van der Waals surface area contributed by atoms with Gasteiger partial charge in [-0.3, -0.25) is 9.36 Å². The summed E-state index contributed by atoms with van der Waals surface area (Å²) < 4.78 is 29.1. The molecule has 2 aliphatic heterocycles. The number of benzene rings is 1. The average molecular weight is 620 g/mol. The molecule has 2 saturated heterocycles. The van der Waals surface area contributed by atoms with E-state index in [1.165, 1.54) is 0 Å². The Hall–Kier alpha value is -1.81. The Morgan fingerprint density at radius 3 is 2.15 bits per heavy atom. The number of carbonyl (C=O) groups excluding carboxylic acids is 1. The predicted octanol–water partition coefficient (Wildman–Crippen LogP) is 6.08. The largest absolute Gasteiger partial charge is 0.414 e. The maximum atomic E-state index is 13.3. The third kappa shape index (κ3) is 6.15. The minimum atomic E-state index is -2.84. The van der Waals surface area contributed by atoms with E-state index in [2.05, 4.69) is 65.7 Å². The van der Waals surface area contributed by atoms with E-state index in [9.17, 15) is 9.59 Å². The van der Waals surface area contributed by atoms with Gasteiger partial charge in [-0.25, -0.2) is 4.79 Å². The fourth-order valence-corrected chi connectivity index (χ4v) is 19.1. The Morgan fingerprint density at radius 2 is 1.61 bits per heavy atom. The molecule has 0 bridgehead atoms. The third-order valence-electron chi connectivity index (χ3n) is 8.27. The third-order valence-corrected chi connectivity index (χ3v) is 20.0. The van der Waals surface area contributed by atoms with Crippen LogP contribution in [-0.4, -0.2) is 63.8 Å². The lowest BCUT2D eigenvalue weighted by atomic mass is 10.1. The summed E-state index contributed by atoms with van der Waals surface area (Å²) in [4.78, 5) is 30.1. The Bertz CT molecular complexity index is 1240. The average Bonchev–Trinajstić information content (AvgIpc) is 3.24. The van der Waals surface area contributed by atoms with Gasteiger partial charge in [-0.05, 0) is 40.4 Å². The molecule has 0 aliphatic carbocycles. The van der Waals surface area contributed by atoms with Gasteiger partial charge in [-0.15, -0.1) is 11.8 Å². The van der Waals surface area contributed by atoms with Crippen molar-refractivity contribution in [3.8, 4) is 0 Å². The second kappa shape index (κ2) is 12.8. The summed E-state index contributed by atoms with van der Waals surface area (Å²) in [5.74, 6) is -0.122. The number of hydrogen-bond acceptors (Lipinski definition) is 8. The summed E-state index contributed by atoms with van der Waals surface area (Å²) in [5, 5.41) is 2.29. The highest BCUT2D eigenvalue weighted by atomic mass is 32.2. The molecule has 2 fully saturated rings. The highest BCUT2D eigenvalue weighted by Gasteiger charge is 2.61. The monoisotopic (exact) mass is 619 g/mol. The van der Waals surface area contributed by atoms with Crippen molar-refractivity contribution >= 4 is 40.6 Å². The highest BCUT2D eigenvalue weighted by molar-refractivity contribution is 8.00. The summed E-state index contributed by atoms with van der Waals surface area (Å²) in [6, 6.07) is 10.5. The van der Waals surface area contributed by atoms with E-state index in [4.69, 9.17) is 17.7 Å². The van der Waals surface area contributed by atoms with E-state index in [0.717, 1.165) is 0 Å². The van der Waals surface area contributed by atoms with Crippen molar-refractivity contribution in [3.63, 3.8) is 0 Å². The minimum absolute atomic E-state index is 0.0491. The van der Waals surface area contributed by atoms with Gasteiger partial charge in [-0.2, -0.15) is 4.98 Å². The molecule has 3 heterocycles. The maximum absolute atomic E-state index is 13.3. The van der Waals surface area contributed by atoms with Gasteiger partial charge in [0.05, 0.1) is 18.0 Å². The van der Waals surface area contributed by atoms with Gasteiger partial charge in [-0.1, -0.05) is 73.6 Å². The van der Waals surface area contributed by atoms with Gasteiger partial charge in [0.25, 0.3) is 5.91 Å². The first-order chi connectivity index (χ1) is 19.4. The first kappa shape index (κ1) is 32.1. The molecule has 41 heavy (non-hydrogen) atoms. The van der Waals surface area contributed by atoms with Crippen LogP contribution in [0.25, 0.3) is 0 Å². The van der Waals surface area contributed by atoms with Gasteiger partial charge in [0.15, 0.2) is 0 Å². The molecule has 12 heteroatoms. The van der Waals surface area contributed by atoms with Crippen LogP contribution in [-0.2, 0) is 17.7 Å². The molecule has 0 radical (unpaired) electrons. The molecule has 0 unspecified atom stereocenters. The number of fused-ring (bicyclic) bond motifs is 1. The second-order valence-electron chi connectivity index (χ2n) is 12.1. The normalized spacial score (nSPS) is 25.8. The zero-order valence-electron chi connectivity index (χ0n) is 25.6. The molecule has 0 spiro atoms. The van der Waals surface area contributed by atoms with Crippen LogP contribution in [0.4, 0.5) is 5.82 Å². The molecule has 4 atom stereocenters. The van der Waals surface area contributed by atoms with E-state index in [1.807, 2.05) is 6.07 Å². The standard InChI is InChI=1S/C29H45N3O6SSi2/c1-18(2)40(19(3)4)36-17-23-25(37-41(38-40,20(5)6)21(7)8)26(35-9)28(39-23)32-16-15-24(31-29(32)34)30-27(33)22-13-11-10-12-14-22/h10-16,18-21,23,25-26,28H,17H2,1-9H3,(H,30,31,33,34)/t23-,25-,26-,28-/m1/s1. The van der Waals surface area contributed by atoms with Crippen molar-refractivity contribution in [2.24, 2.45) is 0 Å². The molecule has 0 saturated carbocycles. The fourth-order valence-electron chi connectivity index (χ4n) is 6.05. The lowest BCUT2D eigenvalue weighted by molar-refractivity contribution is -0.0315. The Morgan fingerprint density at radius 1 is 1.00 bits per heavy atom. The van der Waals surface area contributed by atoms with Crippen molar-refractivity contribution in [2.45, 2.75) is 100 Å². The van der Waals surface area contributed by atoms with Crippen molar-refractivity contribution in [2.75, 3.05) is 19.0 Å². The molecule has 9 nitrogen and oxygen atoms in total. The fraction of sp³-hybridized carbons (Fsp3) is 0.621. The van der Waals surface area contributed by atoms with E-state index in [-0.39, 0.29) is 50.6 Å². The molecular formula is C29H45N3O6SSi2. The molecule has 2 aromatic rings. The van der Waals surface area contributed by atoms with Crippen LogP contribution in [0.5, 0.6) is 0 Å². The van der Waals surface area contributed by atoms with Crippen LogP contribution in [0.2, 0.25) is 22.2 Å². The number of amides is 1. The van der Waals surface area contributed by atoms with E-state index in [1.54, 1.807) is 60.0 Å². The van der Waals surface area contributed by atoms with Crippen molar-refractivity contribution in [3.05, 3.63) is 58.6 Å². The van der Waals surface area contributed by atoms with Crippen LogP contribution in [0, 0.1) is 0 Å². The molecule has 1 aromatic carbocycles. The zero-order chi connectivity index (χ0) is 30.1. The smallest absolute Gasteiger partial charge is 0.350 e. The molecule has 1 amide bonds. The van der Waals surface area contributed by atoms with Gasteiger partial charge in [0, 0.05) is 18.9 Å². The molecular weight excluding hydrogens is 575 g/mol. The number of rotatable bonds is 8. The number of thioether (sulfide) groups is 1. The topological polar surface area (TPSA) is 101 Å². The molecule has 1 N–H and O–H groups in total. The first-order valence-electron chi connectivity index (χ1n) is 14.5. The number of nitrogens with zero attached hydrogens (tertiary/aromatic N) is 2. The molecule has 4 rings (SSSR count). The highest BCUT2D eigenvalue weighted by Crippen LogP contribution is 2.52. The van der Waals surface area contributed by atoms with Crippen LogP contribution in [0.15, 0.2) is 47.4 Å². The lowest BCUT2D eigenvalue weighted by Crippen LogP contribution is -2.65. The molecule has 226 valence electrons. The number of ether oxygens (including phenoxy) is 1. The van der Waals surface area contributed by atoms with Crippen molar-refractivity contribution < 1.29 is 22.5 Å². The van der Waals surface area contributed by atoms with Crippen LogP contribution >= 0.6 is 11.8 Å². The quantitative estimate of drug-likeness (QED) is 0.355. The number of anilines is 1. The minimum Gasteiger partial charge on any atom is -0.414 e. The van der Waals surface area contributed by atoms with E-state index in [0.29, 0.717) is 12.2 Å². The van der Waals surface area contributed by atoms with Gasteiger partial charge >= 0.3 is 22.8 Å². The Labute approximate surface area is 250 Å². The van der Waals surface area contributed by atoms with E-state index < -0.39 is 28.9 Å². The predicted molar refractivity (Wildman–Crippen MR) is 168 cm³/mol. The second-order valence-corrected chi connectivity index (χ2v) is 22.4. The number of aromatic nitrogens is 2. The Kier molecular flexibility index (Phi) is 10.0. The Balaban J connectivity index is 1.67. The summed E-state index contributed by atoms with van der Waals surface area (Å²) in [7, 11) is -3.85. The van der Waals surface area contributed by atoms with Crippen molar-refractivity contribution in [1.82, 2.24) is 9.55 Å². The summed E-state index contributed by atoms with van der Waals surface area (Å²) >= 11 is 1.63. The first-order valence-corrected chi connectivity index (χ1v) is 19.4. The number of hydrogen-bond donors (Lipinski definition) is 1. The molecule has 1 aromatic heterocycles. The summed E-state index contributed by atoms with van der Waals surface area (Å²) in [6.45, 7) is 18.1. The van der Waals surface area contributed by atoms with Crippen molar-refractivity contribution in [1.29, 1.82) is 0 Å². The number of nitrogens with one attached hydrogen (secondary N) is 1. The van der Waals surface area contributed by atoms with E-state index >= 15 is 0 Å². The zero-order valence-corrected chi connectivity index (χ0v) is 28.4. The number of methoxy groups -OCH3 is 1. The SMILES string of the molecule is CO[C@@H]1[C@@H]2O[Si](C(C)C)(C(C)C)O[Si](C(C)C)(C(C)C)OC[C@H]2S[C@H]1n1ccc(NC(=O)c2ccccc2)nc1=O. The van der Waals surface area contributed by atoms with Gasteiger partial charge in [0.2, 0.25) is 0 Å². The number of carbonyl (C=O) groups is 1. The lowest BCUT2D eigenvalue weighted by Gasteiger charge is -2.51. The maximum Gasteiger partial charge on any atom is 0.350 e. The summed E-state index contributed by atoms with van der Waals surface area (Å²) in [5.41, 5.74) is 0.896. The van der Waals surface area contributed by atoms with Crippen LogP contribution in [0.1, 0.15) is 71.1 Å². The van der Waals surface area contributed by atoms with Gasteiger partial charge in [0.1, 0.15) is 17.3 Å². The van der Waals surface area contributed by atoms with Gasteiger partial charge < -0.3 is 23.0 Å². The van der Waals surface area contributed by atoms with Crippen LogP contribution < -0.4 is 11.0 Å². The molecule has 2 aliphatic rings. The summed E-state index contributed by atoms with van der Waals surface area (Å²) in [6.07, 6.45) is 0.938. The van der Waals surface area contributed by atoms with Crippen LogP contribution in [0.3, 0.4) is 0 Å².